The van der Waals surface area contributed by atoms with Crippen molar-refractivity contribution in [3.05, 3.63) is 35.9 Å². The monoisotopic (exact) mass is 360 g/mol. The topological polar surface area (TPSA) is 82.0 Å². The van der Waals surface area contributed by atoms with Gasteiger partial charge in [0.15, 0.2) is 0 Å². The predicted molar refractivity (Wildman–Crippen MR) is 96.6 cm³/mol. The van der Waals surface area contributed by atoms with Crippen LogP contribution in [0.15, 0.2) is 30.3 Å². The zero-order chi connectivity index (χ0) is 18.2. The minimum atomic E-state index is -0.796. The van der Waals surface area contributed by atoms with Crippen LogP contribution in [0, 0.1) is 5.41 Å². The first kappa shape index (κ1) is 17.9. The lowest BCUT2D eigenvalue weighted by Crippen LogP contribution is -2.65. The number of likely N-dealkylation sites (tertiary alicyclic amines) is 1. The van der Waals surface area contributed by atoms with E-state index in [0.29, 0.717) is 19.5 Å². The first-order chi connectivity index (χ1) is 12.5. The van der Waals surface area contributed by atoms with Crippen LogP contribution in [0.3, 0.4) is 0 Å². The molecule has 6 nitrogen and oxygen atoms in total. The summed E-state index contributed by atoms with van der Waals surface area (Å²) in [5.74, 6) is 0.228. The third kappa shape index (κ3) is 3.27. The highest BCUT2D eigenvalue weighted by atomic mass is 16.5. The molecule has 1 spiro atoms. The summed E-state index contributed by atoms with van der Waals surface area (Å²) < 4.78 is 5.88. The Balaban J connectivity index is 1.40. The number of benzene rings is 1. The smallest absolute Gasteiger partial charge is 0.231 e. The second-order valence-corrected chi connectivity index (χ2v) is 8.17. The molecule has 0 unspecified atom stereocenters. The quantitative estimate of drug-likeness (QED) is 0.723. The number of aliphatic hydroxyl groups is 2. The number of carbonyl (C=O) groups excluding carboxylic acids is 1. The summed E-state index contributed by atoms with van der Waals surface area (Å²) in [6.07, 6.45) is 1.13. The van der Waals surface area contributed by atoms with E-state index in [9.17, 15) is 15.0 Å². The van der Waals surface area contributed by atoms with Crippen LogP contribution in [0.4, 0.5) is 0 Å². The van der Waals surface area contributed by atoms with Crippen LogP contribution >= 0.6 is 0 Å². The van der Waals surface area contributed by atoms with E-state index in [1.807, 2.05) is 23.1 Å². The van der Waals surface area contributed by atoms with E-state index in [4.69, 9.17) is 4.74 Å². The van der Waals surface area contributed by atoms with Crippen LogP contribution < -0.4 is 5.32 Å². The zero-order valence-corrected chi connectivity index (χ0v) is 15.1. The molecule has 1 amide bonds. The van der Waals surface area contributed by atoms with Crippen LogP contribution in [0.1, 0.15) is 24.8 Å². The molecule has 3 N–H and O–H groups in total. The van der Waals surface area contributed by atoms with Crippen molar-refractivity contribution >= 4 is 5.91 Å². The molecular formula is C20H28N2O4. The van der Waals surface area contributed by atoms with E-state index >= 15 is 0 Å². The second kappa shape index (κ2) is 6.93. The number of hydrogen-bond donors (Lipinski definition) is 3. The Labute approximate surface area is 154 Å². The lowest BCUT2D eigenvalue weighted by atomic mass is 9.74. The number of rotatable bonds is 3. The lowest BCUT2D eigenvalue weighted by molar-refractivity contribution is -0.190. The third-order valence-electron chi connectivity index (χ3n) is 6.31. The van der Waals surface area contributed by atoms with Gasteiger partial charge in [-0.15, -0.1) is 0 Å². The first-order valence-electron chi connectivity index (χ1n) is 9.56. The molecule has 4 rings (SSSR count). The molecule has 0 saturated carbocycles. The summed E-state index contributed by atoms with van der Waals surface area (Å²) in [5.41, 5.74) is 0.470. The fourth-order valence-corrected chi connectivity index (χ4v) is 4.52. The van der Waals surface area contributed by atoms with Crippen molar-refractivity contribution in [1.82, 2.24) is 10.2 Å². The minimum absolute atomic E-state index is 0.178. The molecule has 0 aliphatic carbocycles. The molecule has 1 aromatic carbocycles. The molecule has 0 aromatic heterocycles. The maximum Gasteiger partial charge on any atom is 0.231 e. The summed E-state index contributed by atoms with van der Waals surface area (Å²) in [4.78, 5) is 15.2. The van der Waals surface area contributed by atoms with Gasteiger partial charge in [-0.05, 0) is 24.8 Å². The van der Waals surface area contributed by atoms with Gasteiger partial charge in [-0.1, -0.05) is 30.3 Å². The van der Waals surface area contributed by atoms with E-state index in [0.717, 1.165) is 32.4 Å². The zero-order valence-electron chi connectivity index (χ0n) is 15.1. The Morgan fingerprint density at radius 2 is 1.85 bits per heavy atom. The number of carbonyl (C=O) groups is 1. The van der Waals surface area contributed by atoms with Crippen LogP contribution in [-0.4, -0.2) is 71.6 Å². The van der Waals surface area contributed by atoms with Crippen molar-refractivity contribution in [2.24, 2.45) is 5.41 Å². The van der Waals surface area contributed by atoms with Gasteiger partial charge in [-0.2, -0.15) is 0 Å². The average Bonchev–Trinajstić information content (AvgIpc) is 2.63. The third-order valence-corrected chi connectivity index (χ3v) is 6.31. The molecule has 3 heterocycles. The normalized spacial score (nSPS) is 30.0. The Bertz CT molecular complexity index is 638. The van der Waals surface area contributed by atoms with Crippen molar-refractivity contribution in [3.63, 3.8) is 0 Å². The largest absolute Gasteiger partial charge is 0.390 e. The fourth-order valence-electron chi connectivity index (χ4n) is 4.52. The molecular weight excluding hydrogens is 332 g/mol. The van der Waals surface area contributed by atoms with Crippen molar-refractivity contribution in [3.8, 4) is 0 Å². The molecule has 6 heteroatoms. The van der Waals surface area contributed by atoms with Gasteiger partial charge >= 0.3 is 0 Å². The summed E-state index contributed by atoms with van der Waals surface area (Å²) in [7, 11) is 0. The maximum atomic E-state index is 13.3. The van der Waals surface area contributed by atoms with E-state index in [1.54, 1.807) is 0 Å². The molecule has 0 bridgehead atoms. The van der Waals surface area contributed by atoms with Crippen molar-refractivity contribution < 1.29 is 19.7 Å². The number of ether oxygens (including phenoxy) is 1. The van der Waals surface area contributed by atoms with Gasteiger partial charge in [0.2, 0.25) is 5.91 Å². The van der Waals surface area contributed by atoms with E-state index in [-0.39, 0.29) is 23.5 Å². The summed E-state index contributed by atoms with van der Waals surface area (Å²) in [5, 5.41) is 22.9. The Kier molecular flexibility index (Phi) is 4.77. The molecule has 0 radical (unpaired) electrons. The number of nitrogens with one attached hydrogen (secondary N) is 1. The van der Waals surface area contributed by atoms with Crippen LogP contribution in [-0.2, 0) is 16.0 Å². The standard InChI is InChI=1S/C20H28N2O4/c23-16-11-20(26-12-17(16)24)6-8-22(9-7-20)18(25)19(13-21-14-19)10-15-4-2-1-3-5-15/h1-5,16-17,21,23-24H,6-14H2/t16-,17+/m1/s1. The molecule has 3 saturated heterocycles. The van der Waals surface area contributed by atoms with Gasteiger partial charge in [0, 0.05) is 32.6 Å². The van der Waals surface area contributed by atoms with Crippen molar-refractivity contribution in [1.29, 1.82) is 0 Å². The van der Waals surface area contributed by atoms with E-state index in [1.165, 1.54) is 5.56 Å². The number of nitrogens with zero attached hydrogens (tertiary/aromatic N) is 1. The van der Waals surface area contributed by atoms with E-state index in [2.05, 4.69) is 17.4 Å². The van der Waals surface area contributed by atoms with E-state index < -0.39 is 12.2 Å². The van der Waals surface area contributed by atoms with Crippen LogP contribution in [0.25, 0.3) is 0 Å². The Hall–Kier alpha value is -1.47. The van der Waals surface area contributed by atoms with Crippen molar-refractivity contribution in [2.45, 2.75) is 43.5 Å². The molecule has 3 aliphatic rings. The molecule has 1 aromatic rings. The molecule has 142 valence electrons. The summed E-state index contributed by atoms with van der Waals surface area (Å²) >= 11 is 0. The average molecular weight is 360 g/mol. The van der Waals surface area contributed by atoms with Gasteiger partial charge in [0.05, 0.1) is 23.7 Å². The molecule has 3 fully saturated rings. The fraction of sp³-hybridized carbons (Fsp3) is 0.650. The molecule has 3 aliphatic heterocycles. The lowest BCUT2D eigenvalue weighted by Gasteiger charge is -2.49. The Morgan fingerprint density at radius 3 is 2.42 bits per heavy atom. The number of amides is 1. The maximum absolute atomic E-state index is 13.3. The molecule has 2 atom stereocenters. The number of hydrogen-bond acceptors (Lipinski definition) is 5. The predicted octanol–water partition coefficient (Wildman–Crippen LogP) is 0.322. The highest BCUT2D eigenvalue weighted by molar-refractivity contribution is 5.85. The Morgan fingerprint density at radius 1 is 1.15 bits per heavy atom. The van der Waals surface area contributed by atoms with Gasteiger partial charge in [0.25, 0.3) is 0 Å². The van der Waals surface area contributed by atoms with Gasteiger partial charge in [0.1, 0.15) is 6.10 Å². The second-order valence-electron chi connectivity index (χ2n) is 8.17. The summed E-state index contributed by atoms with van der Waals surface area (Å²) in [6.45, 7) is 2.93. The van der Waals surface area contributed by atoms with Crippen LogP contribution in [0.2, 0.25) is 0 Å². The highest BCUT2D eigenvalue weighted by Gasteiger charge is 2.49. The molecule has 26 heavy (non-hydrogen) atoms. The van der Waals surface area contributed by atoms with Gasteiger partial charge < -0.3 is 25.2 Å². The van der Waals surface area contributed by atoms with Crippen molar-refractivity contribution in [2.75, 3.05) is 32.8 Å². The summed E-state index contributed by atoms with van der Waals surface area (Å²) in [6, 6.07) is 10.2. The SMILES string of the molecule is O=C(N1CCC2(CC1)C[C@@H](O)[C@@H](O)CO2)C1(Cc2ccccc2)CNC1. The highest BCUT2D eigenvalue weighted by Crippen LogP contribution is 2.37. The van der Waals surface area contributed by atoms with Gasteiger partial charge in [-0.3, -0.25) is 4.79 Å². The number of aliphatic hydroxyl groups excluding tert-OH is 2. The van der Waals surface area contributed by atoms with Gasteiger partial charge in [-0.25, -0.2) is 0 Å². The van der Waals surface area contributed by atoms with Crippen LogP contribution in [0.5, 0.6) is 0 Å². The number of piperidine rings is 1. The minimum Gasteiger partial charge on any atom is -0.390 e. The first-order valence-corrected chi connectivity index (χ1v) is 9.56.